The van der Waals surface area contributed by atoms with Gasteiger partial charge in [-0.2, -0.15) is 4.89 Å². The molecule has 0 radical (unpaired) electrons. The standard InChI is InChI=1S/C24H34O6/c1-3-4-9-27-21-7-5-6-18(13-21)24(26-2)23(29-30-24)19-11-17-12-20(23)16-22(14-17,15-19)28-10-8-25/h5-7,13,17,19-20,25H,3-4,8-12,14-16H2,1-2H3. The fourth-order valence-corrected chi connectivity index (χ4v) is 6.93. The van der Waals surface area contributed by atoms with Crippen LogP contribution in [0.4, 0.5) is 0 Å². The second-order valence-electron chi connectivity index (χ2n) is 9.61. The molecule has 4 bridgehead atoms. The lowest BCUT2D eigenvalue weighted by molar-refractivity contribution is -0.647. The van der Waals surface area contributed by atoms with Crippen LogP contribution in [0.3, 0.4) is 0 Å². The van der Waals surface area contributed by atoms with Crippen molar-refractivity contribution in [1.29, 1.82) is 0 Å². The molecule has 1 aliphatic heterocycles. The summed E-state index contributed by atoms with van der Waals surface area (Å²) >= 11 is 0. The van der Waals surface area contributed by atoms with Gasteiger partial charge in [0.05, 0.1) is 25.4 Å². The molecule has 3 unspecified atom stereocenters. The van der Waals surface area contributed by atoms with Gasteiger partial charge in [-0.15, -0.1) is 0 Å². The Morgan fingerprint density at radius 3 is 2.53 bits per heavy atom. The lowest BCUT2D eigenvalue weighted by atomic mass is 9.45. The summed E-state index contributed by atoms with van der Waals surface area (Å²) in [6.07, 6.45) is 7.32. The van der Waals surface area contributed by atoms with Crippen LogP contribution in [0.2, 0.25) is 0 Å². The summed E-state index contributed by atoms with van der Waals surface area (Å²) in [5.41, 5.74) is 0.337. The molecule has 1 saturated heterocycles. The Balaban J connectivity index is 1.45. The minimum Gasteiger partial charge on any atom is -0.494 e. The minimum absolute atomic E-state index is 0.0688. The average molecular weight is 419 g/mol. The number of ether oxygens (including phenoxy) is 3. The molecule has 1 spiro atoms. The van der Waals surface area contributed by atoms with E-state index < -0.39 is 11.4 Å². The van der Waals surface area contributed by atoms with Gasteiger partial charge >= 0.3 is 0 Å². The van der Waals surface area contributed by atoms with Crippen molar-refractivity contribution in [3.8, 4) is 5.75 Å². The molecule has 5 aliphatic rings. The molecular formula is C24H34O6. The van der Waals surface area contributed by atoms with Gasteiger partial charge in [0.25, 0.3) is 5.79 Å². The van der Waals surface area contributed by atoms with Crippen LogP contribution in [-0.2, 0) is 25.0 Å². The normalized spacial score (nSPS) is 41.2. The number of rotatable bonds is 9. The van der Waals surface area contributed by atoms with Crippen LogP contribution in [-0.4, -0.2) is 43.2 Å². The van der Waals surface area contributed by atoms with Crippen LogP contribution in [0.5, 0.6) is 5.75 Å². The van der Waals surface area contributed by atoms with E-state index in [0.29, 0.717) is 31.0 Å². The van der Waals surface area contributed by atoms with Crippen molar-refractivity contribution in [2.45, 2.75) is 68.9 Å². The van der Waals surface area contributed by atoms with Crippen LogP contribution < -0.4 is 4.74 Å². The van der Waals surface area contributed by atoms with Gasteiger partial charge < -0.3 is 19.3 Å². The van der Waals surface area contributed by atoms with E-state index in [4.69, 9.17) is 24.0 Å². The number of hydrogen-bond donors (Lipinski definition) is 1. The molecule has 1 aromatic rings. The Hall–Kier alpha value is -1.18. The first kappa shape index (κ1) is 20.7. The SMILES string of the molecule is CCCCOc1cccc(C2(OC)OOC23C2CC4CC3CC(OCCO)(C4)C2)c1. The van der Waals surface area contributed by atoms with Gasteiger partial charge in [-0.25, -0.2) is 4.89 Å². The summed E-state index contributed by atoms with van der Waals surface area (Å²) in [6, 6.07) is 8.11. The van der Waals surface area contributed by atoms with E-state index in [-0.39, 0.29) is 12.2 Å². The maximum absolute atomic E-state index is 9.30. The van der Waals surface area contributed by atoms with Gasteiger partial charge in [0, 0.05) is 24.5 Å². The Morgan fingerprint density at radius 1 is 1.10 bits per heavy atom. The molecule has 1 N–H and O–H groups in total. The molecule has 5 fully saturated rings. The fourth-order valence-electron chi connectivity index (χ4n) is 6.93. The summed E-state index contributed by atoms with van der Waals surface area (Å²) in [5, 5.41) is 9.30. The van der Waals surface area contributed by atoms with Crippen molar-refractivity contribution in [2.75, 3.05) is 26.9 Å². The first-order valence-electron chi connectivity index (χ1n) is 11.5. The average Bonchev–Trinajstić information content (AvgIpc) is 2.72. The molecule has 0 amide bonds. The number of aliphatic hydroxyl groups excluding tert-OH is 1. The fraction of sp³-hybridized carbons (Fsp3) is 0.750. The van der Waals surface area contributed by atoms with Crippen LogP contribution >= 0.6 is 0 Å². The Labute approximate surface area is 178 Å². The highest BCUT2D eigenvalue weighted by atomic mass is 17.3. The lowest BCUT2D eigenvalue weighted by Gasteiger charge is -2.70. The Kier molecular flexibility index (Phi) is 5.35. The van der Waals surface area contributed by atoms with E-state index in [2.05, 4.69) is 13.0 Å². The highest BCUT2D eigenvalue weighted by Gasteiger charge is 2.78. The van der Waals surface area contributed by atoms with Crippen LogP contribution in [0.15, 0.2) is 24.3 Å². The van der Waals surface area contributed by atoms with Crippen molar-refractivity contribution in [2.24, 2.45) is 17.8 Å². The lowest BCUT2D eigenvalue weighted by Crippen LogP contribution is -2.78. The first-order valence-corrected chi connectivity index (χ1v) is 11.5. The molecule has 4 aliphatic carbocycles. The second kappa shape index (κ2) is 7.75. The predicted octanol–water partition coefficient (Wildman–Crippen LogP) is 3.95. The quantitative estimate of drug-likeness (QED) is 0.484. The molecule has 0 aromatic heterocycles. The maximum atomic E-state index is 9.30. The third-order valence-electron chi connectivity index (χ3n) is 7.93. The van der Waals surface area contributed by atoms with Crippen molar-refractivity contribution < 1.29 is 29.1 Å². The van der Waals surface area contributed by atoms with E-state index in [9.17, 15) is 5.11 Å². The Bertz CT molecular complexity index is 746. The Morgan fingerprint density at radius 2 is 1.90 bits per heavy atom. The first-order chi connectivity index (χ1) is 14.6. The second-order valence-corrected chi connectivity index (χ2v) is 9.61. The van der Waals surface area contributed by atoms with Crippen molar-refractivity contribution in [3.05, 3.63) is 29.8 Å². The van der Waals surface area contributed by atoms with Crippen molar-refractivity contribution in [3.63, 3.8) is 0 Å². The number of unbranched alkanes of at least 4 members (excludes halogenated alkanes) is 1. The molecule has 6 nitrogen and oxygen atoms in total. The zero-order chi connectivity index (χ0) is 20.8. The largest absolute Gasteiger partial charge is 0.494 e. The van der Waals surface area contributed by atoms with Crippen molar-refractivity contribution in [1.82, 2.24) is 0 Å². The molecule has 4 saturated carbocycles. The van der Waals surface area contributed by atoms with Crippen LogP contribution in [0, 0.1) is 17.8 Å². The van der Waals surface area contributed by atoms with Gasteiger partial charge in [-0.05, 0) is 56.6 Å². The summed E-state index contributed by atoms with van der Waals surface area (Å²) in [6.45, 7) is 3.34. The van der Waals surface area contributed by atoms with Gasteiger partial charge in [-0.1, -0.05) is 25.5 Å². The number of aliphatic hydroxyl groups is 1. The third kappa shape index (κ3) is 2.88. The molecule has 1 aromatic carbocycles. The van der Waals surface area contributed by atoms with Crippen LogP contribution in [0.25, 0.3) is 0 Å². The summed E-state index contributed by atoms with van der Waals surface area (Å²) < 4.78 is 18.3. The molecule has 6 rings (SSSR count). The highest BCUT2D eigenvalue weighted by Crippen LogP contribution is 2.70. The van der Waals surface area contributed by atoms with E-state index in [1.165, 1.54) is 0 Å². The van der Waals surface area contributed by atoms with E-state index in [0.717, 1.165) is 56.3 Å². The molecule has 3 atom stereocenters. The monoisotopic (exact) mass is 418 g/mol. The van der Waals surface area contributed by atoms with Gasteiger partial charge in [-0.3, -0.25) is 0 Å². The molecule has 30 heavy (non-hydrogen) atoms. The van der Waals surface area contributed by atoms with E-state index in [1.54, 1.807) is 7.11 Å². The number of methoxy groups -OCH3 is 1. The van der Waals surface area contributed by atoms with E-state index in [1.807, 2.05) is 18.2 Å². The maximum Gasteiger partial charge on any atom is 0.260 e. The smallest absolute Gasteiger partial charge is 0.260 e. The van der Waals surface area contributed by atoms with Gasteiger partial charge in [0.1, 0.15) is 5.75 Å². The van der Waals surface area contributed by atoms with E-state index >= 15 is 0 Å². The summed E-state index contributed by atoms with van der Waals surface area (Å²) in [4.78, 5) is 11.9. The number of hydrogen-bond acceptors (Lipinski definition) is 6. The zero-order valence-electron chi connectivity index (χ0n) is 18.1. The number of benzene rings is 1. The van der Waals surface area contributed by atoms with Crippen molar-refractivity contribution >= 4 is 0 Å². The van der Waals surface area contributed by atoms with Gasteiger partial charge in [0.15, 0.2) is 5.60 Å². The highest BCUT2D eigenvalue weighted by molar-refractivity contribution is 5.36. The van der Waals surface area contributed by atoms with Gasteiger partial charge in [0.2, 0.25) is 0 Å². The molecule has 1 heterocycles. The topological polar surface area (TPSA) is 66.4 Å². The summed E-state index contributed by atoms with van der Waals surface area (Å²) in [7, 11) is 1.72. The molecule has 166 valence electrons. The summed E-state index contributed by atoms with van der Waals surface area (Å²) in [5.74, 6) is 1.18. The minimum atomic E-state index is -0.919. The predicted molar refractivity (Wildman–Crippen MR) is 110 cm³/mol. The van der Waals surface area contributed by atoms with Crippen LogP contribution in [0.1, 0.15) is 57.4 Å². The molecular weight excluding hydrogens is 384 g/mol. The molecule has 6 heteroatoms. The zero-order valence-corrected chi connectivity index (χ0v) is 18.1. The third-order valence-corrected chi connectivity index (χ3v) is 7.93.